The van der Waals surface area contributed by atoms with Crippen LogP contribution < -0.4 is 20.3 Å². The molecule has 0 unspecified atom stereocenters. The van der Waals surface area contributed by atoms with Gasteiger partial charge in [0.25, 0.3) is 5.91 Å². The average molecular weight is 395 g/mol. The summed E-state index contributed by atoms with van der Waals surface area (Å²) in [4.78, 5) is 15.1. The topological polar surface area (TPSA) is 97.2 Å². The minimum atomic E-state index is -0.294. The lowest BCUT2D eigenvalue weighted by Crippen LogP contribution is -2.49. The number of carbonyl (C=O) groups is 1. The largest absolute Gasteiger partial charge is 0.493 e. The van der Waals surface area contributed by atoms with E-state index in [0.717, 1.165) is 36.4 Å². The standard InChI is InChI=1S/C20H25N7O2/c1-4-29-17-10-16-14(12-26(3)25-16)9-15(17)20(28)22-18-5-6-19(24-23-18)27-8-7-21-13(2)11-27/h5-6,9-10,12-13,21H,4,7-8,11H2,1-3H3,(H,22,23,28)/t13-/m0/s1. The van der Waals surface area contributed by atoms with Gasteiger partial charge >= 0.3 is 0 Å². The van der Waals surface area contributed by atoms with Crippen LogP contribution in [0, 0.1) is 0 Å². The van der Waals surface area contributed by atoms with Gasteiger partial charge < -0.3 is 20.3 Å². The zero-order valence-electron chi connectivity index (χ0n) is 16.8. The van der Waals surface area contributed by atoms with Crippen molar-refractivity contribution in [3.8, 4) is 5.75 Å². The molecule has 1 aromatic carbocycles. The molecule has 29 heavy (non-hydrogen) atoms. The lowest BCUT2D eigenvalue weighted by molar-refractivity contribution is 0.102. The number of nitrogens with one attached hydrogen (secondary N) is 2. The highest BCUT2D eigenvalue weighted by molar-refractivity contribution is 6.08. The minimum Gasteiger partial charge on any atom is -0.493 e. The molecule has 1 saturated heterocycles. The van der Waals surface area contributed by atoms with Crippen LogP contribution in [0.2, 0.25) is 0 Å². The van der Waals surface area contributed by atoms with Gasteiger partial charge in [0.1, 0.15) is 5.75 Å². The molecule has 1 fully saturated rings. The lowest BCUT2D eigenvalue weighted by Gasteiger charge is -2.32. The van der Waals surface area contributed by atoms with Crippen molar-refractivity contribution in [1.29, 1.82) is 0 Å². The predicted octanol–water partition coefficient (Wildman–Crippen LogP) is 1.81. The van der Waals surface area contributed by atoms with E-state index in [2.05, 4.69) is 37.8 Å². The molecular weight excluding hydrogens is 370 g/mol. The molecule has 3 heterocycles. The van der Waals surface area contributed by atoms with Crippen LogP contribution in [-0.4, -0.2) is 58.2 Å². The highest BCUT2D eigenvalue weighted by Crippen LogP contribution is 2.26. The molecule has 9 heteroatoms. The second kappa shape index (κ2) is 8.04. The third-order valence-electron chi connectivity index (χ3n) is 4.85. The van der Waals surface area contributed by atoms with Crippen molar-refractivity contribution in [3.63, 3.8) is 0 Å². The number of benzene rings is 1. The Hall–Kier alpha value is -3.20. The second-order valence-corrected chi connectivity index (χ2v) is 7.18. The van der Waals surface area contributed by atoms with E-state index in [1.54, 1.807) is 22.9 Å². The fourth-order valence-corrected chi connectivity index (χ4v) is 3.51. The van der Waals surface area contributed by atoms with Crippen molar-refractivity contribution in [1.82, 2.24) is 25.3 Å². The number of ether oxygens (including phenoxy) is 1. The van der Waals surface area contributed by atoms with Crippen LogP contribution in [0.15, 0.2) is 30.5 Å². The van der Waals surface area contributed by atoms with Crippen molar-refractivity contribution in [3.05, 3.63) is 36.0 Å². The van der Waals surface area contributed by atoms with E-state index in [0.29, 0.717) is 29.8 Å². The van der Waals surface area contributed by atoms with E-state index < -0.39 is 0 Å². The van der Waals surface area contributed by atoms with E-state index in [4.69, 9.17) is 4.74 Å². The molecule has 0 aliphatic carbocycles. The summed E-state index contributed by atoms with van der Waals surface area (Å²) in [6.45, 7) is 7.15. The molecule has 3 aromatic rings. The molecule has 0 spiro atoms. The fraction of sp³-hybridized carbons (Fsp3) is 0.400. The van der Waals surface area contributed by atoms with Gasteiger partial charge in [-0.05, 0) is 32.0 Å². The van der Waals surface area contributed by atoms with Crippen molar-refractivity contribution in [2.45, 2.75) is 19.9 Å². The molecule has 1 aliphatic heterocycles. The van der Waals surface area contributed by atoms with Crippen LogP contribution in [0.4, 0.5) is 11.6 Å². The maximum absolute atomic E-state index is 12.9. The Kier molecular flexibility index (Phi) is 5.30. The minimum absolute atomic E-state index is 0.294. The first-order chi connectivity index (χ1) is 14.0. The summed E-state index contributed by atoms with van der Waals surface area (Å²) in [5.41, 5.74) is 1.22. The Balaban J connectivity index is 1.53. The van der Waals surface area contributed by atoms with Gasteiger partial charge in [0.05, 0.1) is 17.7 Å². The lowest BCUT2D eigenvalue weighted by atomic mass is 10.1. The molecule has 1 aliphatic rings. The molecule has 2 aromatic heterocycles. The van der Waals surface area contributed by atoms with Gasteiger partial charge in [-0.1, -0.05) is 0 Å². The normalized spacial score (nSPS) is 16.8. The van der Waals surface area contributed by atoms with E-state index in [1.165, 1.54) is 0 Å². The number of rotatable bonds is 5. The van der Waals surface area contributed by atoms with Gasteiger partial charge in [0.15, 0.2) is 11.6 Å². The summed E-state index contributed by atoms with van der Waals surface area (Å²) >= 11 is 0. The first-order valence-corrected chi connectivity index (χ1v) is 9.77. The van der Waals surface area contributed by atoms with Gasteiger partial charge in [0.2, 0.25) is 0 Å². The molecule has 1 amide bonds. The van der Waals surface area contributed by atoms with Crippen LogP contribution in [-0.2, 0) is 7.05 Å². The van der Waals surface area contributed by atoms with Gasteiger partial charge in [-0.25, -0.2) is 0 Å². The number of aromatic nitrogens is 4. The summed E-state index contributed by atoms with van der Waals surface area (Å²) in [6, 6.07) is 7.63. The van der Waals surface area contributed by atoms with Crippen LogP contribution in [0.3, 0.4) is 0 Å². The Morgan fingerprint density at radius 1 is 1.34 bits per heavy atom. The molecular formula is C20H25N7O2. The summed E-state index contributed by atoms with van der Waals surface area (Å²) in [6.07, 6.45) is 1.87. The monoisotopic (exact) mass is 395 g/mol. The van der Waals surface area contributed by atoms with Gasteiger partial charge in [-0.3, -0.25) is 9.48 Å². The third-order valence-corrected chi connectivity index (χ3v) is 4.85. The van der Waals surface area contributed by atoms with Crippen molar-refractivity contribution in [2.75, 3.05) is 36.5 Å². The number of piperazine rings is 1. The van der Waals surface area contributed by atoms with Gasteiger partial charge in [0, 0.05) is 50.4 Å². The first kappa shape index (κ1) is 19.1. The number of hydrogen-bond acceptors (Lipinski definition) is 7. The molecule has 9 nitrogen and oxygen atoms in total. The van der Waals surface area contributed by atoms with Crippen LogP contribution in [0.5, 0.6) is 5.75 Å². The molecule has 1 atom stereocenters. The van der Waals surface area contributed by atoms with E-state index in [1.807, 2.05) is 26.2 Å². The zero-order chi connectivity index (χ0) is 20.4. The Morgan fingerprint density at radius 2 is 2.21 bits per heavy atom. The Labute approximate surface area is 169 Å². The van der Waals surface area contributed by atoms with Crippen molar-refractivity contribution >= 4 is 28.4 Å². The number of fused-ring (bicyclic) bond motifs is 1. The van der Waals surface area contributed by atoms with Crippen molar-refractivity contribution in [2.24, 2.45) is 7.05 Å². The van der Waals surface area contributed by atoms with Crippen LogP contribution in [0.1, 0.15) is 24.2 Å². The van der Waals surface area contributed by atoms with Gasteiger partial charge in [-0.15, -0.1) is 10.2 Å². The Bertz CT molecular complexity index is 1020. The summed E-state index contributed by atoms with van der Waals surface area (Å²) in [5, 5.41) is 19.9. The van der Waals surface area contributed by atoms with Crippen molar-refractivity contribution < 1.29 is 9.53 Å². The average Bonchev–Trinajstić information content (AvgIpc) is 3.07. The smallest absolute Gasteiger partial charge is 0.260 e. The number of anilines is 2. The molecule has 0 saturated carbocycles. The zero-order valence-corrected chi connectivity index (χ0v) is 16.8. The van der Waals surface area contributed by atoms with E-state index in [-0.39, 0.29) is 5.91 Å². The van der Waals surface area contributed by atoms with E-state index >= 15 is 0 Å². The number of carbonyl (C=O) groups excluding carboxylic acids is 1. The SMILES string of the molecule is CCOc1cc2nn(C)cc2cc1C(=O)Nc1ccc(N2CCN[C@@H](C)C2)nn1. The summed E-state index contributed by atoms with van der Waals surface area (Å²) in [5.74, 6) is 1.41. The quantitative estimate of drug-likeness (QED) is 0.680. The maximum Gasteiger partial charge on any atom is 0.260 e. The van der Waals surface area contributed by atoms with Crippen LogP contribution >= 0.6 is 0 Å². The second-order valence-electron chi connectivity index (χ2n) is 7.18. The molecule has 2 N–H and O–H groups in total. The number of nitrogens with zero attached hydrogens (tertiary/aromatic N) is 5. The summed E-state index contributed by atoms with van der Waals surface area (Å²) < 4.78 is 7.37. The van der Waals surface area contributed by atoms with Gasteiger partial charge in [-0.2, -0.15) is 5.10 Å². The third kappa shape index (κ3) is 4.14. The predicted molar refractivity (Wildman–Crippen MR) is 112 cm³/mol. The Morgan fingerprint density at radius 3 is 2.93 bits per heavy atom. The number of amides is 1. The summed E-state index contributed by atoms with van der Waals surface area (Å²) in [7, 11) is 1.84. The van der Waals surface area contributed by atoms with E-state index in [9.17, 15) is 4.79 Å². The first-order valence-electron chi connectivity index (χ1n) is 9.77. The fourth-order valence-electron chi connectivity index (χ4n) is 3.51. The number of hydrogen-bond donors (Lipinski definition) is 2. The molecule has 0 bridgehead atoms. The highest BCUT2D eigenvalue weighted by Gasteiger charge is 2.19. The maximum atomic E-state index is 12.9. The molecule has 152 valence electrons. The molecule has 0 radical (unpaired) electrons. The highest BCUT2D eigenvalue weighted by atomic mass is 16.5. The molecule has 4 rings (SSSR count). The van der Waals surface area contributed by atoms with Crippen LogP contribution in [0.25, 0.3) is 10.9 Å². The number of aryl methyl sites for hydroxylation is 1.